The first-order valence-electron chi connectivity index (χ1n) is 8.36. The zero-order chi connectivity index (χ0) is 13.8. The fourth-order valence-corrected chi connectivity index (χ4v) is 2.79. The summed E-state index contributed by atoms with van der Waals surface area (Å²) >= 11 is 0. The zero-order valence-corrected chi connectivity index (χ0v) is 13.7. The van der Waals surface area contributed by atoms with E-state index in [1.54, 1.807) is 0 Å². The summed E-state index contributed by atoms with van der Waals surface area (Å²) < 4.78 is 0. The maximum absolute atomic E-state index is 2.59. The Labute approximate surface area is 116 Å². The molecule has 0 aromatic carbocycles. The molecular weight excluding hydrogens is 218 g/mol. The summed E-state index contributed by atoms with van der Waals surface area (Å²) in [4.78, 5) is 2.59. The average Bonchev–Trinajstić information content (AvgIpc) is 2.39. The Kier molecular flexibility index (Phi) is 12.0. The topological polar surface area (TPSA) is 3.24 Å². The van der Waals surface area contributed by atoms with Crippen LogP contribution in [0.25, 0.3) is 0 Å². The molecule has 0 bridgehead atoms. The molecule has 0 radical (unpaired) electrons. The fraction of sp³-hybridized carbons (Fsp3) is 1.00. The van der Waals surface area contributed by atoms with Gasteiger partial charge in [-0.3, -0.25) is 0 Å². The first-order valence-corrected chi connectivity index (χ1v) is 8.36. The van der Waals surface area contributed by atoms with Gasteiger partial charge in [-0.05, 0) is 31.7 Å². The van der Waals surface area contributed by atoms with E-state index < -0.39 is 0 Å². The molecule has 1 nitrogen and oxygen atoms in total. The number of hydrogen-bond acceptors (Lipinski definition) is 1. The van der Waals surface area contributed by atoms with Gasteiger partial charge >= 0.3 is 0 Å². The van der Waals surface area contributed by atoms with E-state index in [9.17, 15) is 0 Å². The maximum Gasteiger partial charge on any atom is 0.000662 e. The lowest BCUT2D eigenvalue weighted by Gasteiger charge is -2.27. The van der Waals surface area contributed by atoms with Crippen LogP contribution in [-0.2, 0) is 0 Å². The van der Waals surface area contributed by atoms with Crippen molar-refractivity contribution in [2.75, 3.05) is 20.1 Å². The Bertz CT molecular complexity index is 149. The molecule has 110 valence electrons. The highest BCUT2D eigenvalue weighted by Crippen LogP contribution is 2.17. The van der Waals surface area contributed by atoms with Crippen LogP contribution in [0.2, 0.25) is 0 Å². The molecule has 0 N–H and O–H groups in total. The van der Waals surface area contributed by atoms with Crippen LogP contribution in [0.5, 0.6) is 0 Å². The van der Waals surface area contributed by atoms with Crippen molar-refractivity contribution < 1.29 is 0 Å². The summed E-state index contributed by atoms with van der Waals surface area (Å²) in [6.45, 7) is 11.9. The third-order valence-electron chi connectivity index (χ3n) is 4.23. The molecule has 0 aliphatic rings. The second-order valence-corrected chi connectivity index (χ2v) is 6.05. The summed E-state index contributed by atoms with van der Waals surface area (Å²) in [6.07, 6.45) is 11.0. The van der Waals surface area contributed by atoms with Crippen LogP contribution in [-0.4, -0.2) is 25.0 Å². The van der Waals surface area contributed by atoms with Crippen molar-refractivity contribution >= 4 is 0 Å². The average molecular weight is 255 g/mol. The standard InChI is InChI=1S/C17H37N/c1-6-10-12-16(8-3)14-18(5)15-17(9-4)13-11-7-2/h16-17H,6-15H2,1-5H3/t16-,17-/m1/s1. The lowest BCUT2D eigenvalue weighted by molar-refractivity contribution is 0.216. The van der Waals surface area contributed by atoms with Crippen molar-refractivity contribution in [1.29, 1.82) is 0 Å². The van der Waals surface area contributed by atoms with E-state index in [0.29, 0.717) is 0 Å². The highest BCUT2D eigenvalue weighted by molar-refractivity contribution is 4.67. The smallest absolute Gasteiger partial charge is 0.000662 e. The lowest BCUT2D eigenvalue weighted by atomic mass is 9.96. The van der Waals surface area contributed by atoms with E-state index in [-0.39, 0.29) is 0 Å². The Balaban J connectivity index is 3.92. The van der Waals surface area contributed by atoms with E-state index in [2.05, 4.69) is 39.6 Å². The second kappa shape index (κ2) is 12.0. The summed E-state index contributed by atoms with van der Waals surface area (Å²) in [5.41, 5.74) is 0. The van der Waals surface area contributed by atoms with Crippen LogP contribution in [0.3, 0.4) is 0 Å². The van der Waals surface area contributed by atoms with Crippen LogP contribution >= 0.6 is 0 Å². The molecular formula is C17H37N. The van der Waals surface area contributed by atoms with E-state index in [1.165, 1.54) is 64.5 Å². The van der Waals surface area contributed by atoms with Crippen molar-refractivity contribution in [1.82, 2.24) is 4.90 Å². The van der Waals surface area contributed by atoms with E-state index in [4.69, 9.17) is 0 Å². The molecule has 0 aromatic heterocycles. The SMILES string of the molecule is CCCC[C@@H](CC)CN(C)C[C@H](CC)CCCC. The quantitative estimate of drug-likeness (QED) is 0.454. The minimum Gasteiger partial charge on any atom is -0.306 e. The molecule has 0 spiro atoms. The highest BCUT2D eigenvalue weighted by Gasteiger charge is 2.13. The molecule has 0 amide bonds. The number of hydrogen-bond donors (Lipinski definition) is 0. The van der Waals surface area contributed by atoms with Gasteiger partial charge in [0.05, 0.1) is 0 Å². The monoisotopic (exact) mass is 255 g/mol. The van der Waals surface area contributed by atoms with Gasteiger partial charge in [0, 0.05) is 13.1 Å². The minimum atomic E-state index is 0.915. The zero-order valence-electron chi connectivity index (χ0n) is 13.7. The van der Waals surface area contributed by atoms with E-state index >= 15 is 0 Å². The lowest BCUT2D eigenvalue weighted by Crippen LogP contribution is -2.30. The molecule has 0 rings (SSSR count). The van der Waals surface area contributed by atoms with Crippen molar-refractivity contribution in [2.45, 2.75) is 79.1 Å². The Morgan fingerprint density at radius 2 is 1.11 bits per heavy atom. The van der Waals surface area contributed by atoms with Gasteiger partial charge in [-0.15, -0.1) is 0 Å². The van der Waals surface area contributed by atoms with Crippen molar-refractivity contribution in [3.8, 4) is 0 Å². The summed E-state index contributed by atoms with van der Waals surface area (Å²) in [7, 11) is 2.32. The van der Waals surface area contributed by atoms with Gasteiger partial charge in [-0.25, -0.2) is 0 Å². The molecule has 0 unspecified atom stereocenters. The Morgan fingerprint density at radius 3 is 1.39 bits per heavy atom. The van der Waals surface area contributed by atoms with Crippen molar-refractivity contribution in [3.05, 3.63) is 0 Å². The van der Waals surface area contributed by atoms with Gasteiger partial charge in [0.15, 0.2) is 0 Å². The van der Waals surface area contributed by atoms with E-state index in [1.807, 2.05) is 0 Å². The molecule has 0 aliphatic heterocycles. The normalized spacial score (nSPS) is 15.0. The van der Waals surface area contributed by atoms with Crippen LogP contribution < -0.4 is 0 Å². The van der Waals surface area contributed by atoms with Gasteiger partial charge in [-0.2, -0.15) is 0 Å². The van der Waals surface area contributed by atoms with Crippen molar-refractivity contribution in [2.24, 2.45) is 11.8 Å². The van der Waals surface area contributed by atoms with Gasteiger partial charge in [0.2, 0.25) is 0 Å². The molecule has 18 heavy (non-hydrogen) atoms. The Morgan fingerprint density at radius 1 is 0.722 bits per heavy atom. The first-order chi connectivity index (χ1) is 8.67. The molecule has 0 heterocycles. The number of unbranched alkanes of at least 4 members (excludes halogenated alkanes) is 2. The van der Waals surface area contributed by atoms with Crippen LogP contribution in [0.15, 0.2) is 0 Å². The second-order valence-electron chi connectivity index (χ2n) is 6.05. The fourth-order valence-electron chi connectivity index (χ4n) is 2.79. The molecule has 0 saturated carbocycles. The van der Waals surface area contributed by atoms with Gasteiger partial charge < -0.3 is 4.90 Å². The molecule has 0 fully saturated rings. The molecule has 0 aromatic rings. The van der Waals surface area contributed by atoms with Gasteiger partial charge in [-0.1, -0.05) is 66.2 Å². The summed E-state index contributed by atoms with van der Waals surface area (Å²) in [6, 6.07) is 0. The highest BCUT2D eigenvalue weighted by atomic mass is 15.1. The van der Waals surface area contributed by atoms with Crippen LogP contribution in [0.4, 0.5) is 0 Å². The van der Waals surface area contributed by atoms with Crippen LogP contribution in [0.1, 0.15) is 79.1 Å². The number of rotatable bonds is 12. The van der Waals surface area contributed by atoms with Gasteiger partial charge in [0.1, 0.15) is 0 Å². The predicted molar refractivity (Wildman–Crippen MR) is 84.1 cm³/mol. The maximum atomic E-state index is 2.59. The largest absolute Gasteiger partial charge is 0.306 e. The summed E-state index contributed by atoms with van der Waals surface area (Å²) in [5.74, 6) is 1.83. The Hall–Kier alpha value is -0.0400. The first kappa shape index (κ1) is 18.0. The summed E-state index contributed by atoms with van der Waals surface area (Å²) in [5, 5.41) is 0. The third-order valence-corrected chi connectivity index (χ3v) is 4.23. The molecule has 1 heteroatoms. The minimum absolute atomic E-state index is 0.915. The van der Waals surface area contributed by atoms with Crippen molar-refractivity contribution in [3.63, 3.8) is 0 Å². The third kappa shape index (κ3) is 8.97. The van der Waals surface area contributed by atoms with Gasteiger partial charge in [0.25, 0.3) is 0 Å². The molecule has 2 atom stereocenters. The van der Waals surface area contributed by atoms with Crippen LogP contribution in [0, 0.1) is 11.8 Å². The number of nitrogens with zero attached hydrogens (tertiary/aromatic N) is 1. The molecule has 0 saturated heterocycles. The van der Waals surface area contributed by atoms with E-state index in [0.717, 1.165) is 11.8 Å². The predicted octanol–water partition coefficient (Wildman–Crippen LogP) is 5.35. The molecule has 0 aliphatic carbocycles.